The molecule has 0 aliphatic carbocycles. The summed E-state index contributed by atoms with van der Waals surface area (Å²) in [5.74, 6) is -0.567. The molecule has 1 aromatic heterocycles. The van der Waals surface area contributed by atoms with Gasteiger partial charge in [-0.05, 0) is 18.2 Å². The molecule has 7 heteroatoms. The van der Waals surface area contributed by atoms with Crippen LogP contribution in [0.25, 0.3) is 0 Å². The normalized spacial score (nSPS) is 10.5. The number of hydrogen-bond acceptors (Lipinski definition) is 3. The number of benzene rings is 1. The fraction of sp³-hybridized carbons (Fsp3) is 0.0833. The van der Waals surface area contributed by atoms with Crippen molar-refractivity contribution < 1.29 is 14.3 Å². The molecule has 4 nitrogen and oxygen atoms in total. The Labute approximate surface area is 123 Å². The highest BCUT2D eigenvalue weighted by atomic mass is 35.5. The summed E-state index contributed by atoms with van der Waals surface area (Å²) in [6, 6.07) is 4.55. The van der Waals surface area contributed by atoms with Crippen molar-refractivity contribution in [1.82, 2.24) is 0 Å². The van der Waals surface area contributed by atoms with Gasteiger partial charge in [-0.2, -0.15) is 0 Å². The lowest BCUT2D eigenvalue weighted by molar-refractivity contribution is 0.0696. The Hall–Kier alpha value is -1.36. The van der Waals surface area contributed by atoms with Gasteiger partial charge in [0.25, 0.3) is 0 Å². The minimum absolute atomic E-state index is 0.0945. The Kier molecular flexibility index (Phi) is 4.24. The number of furan rings is 1. The van der Waals surface area contributed by atoms with Gasteiger partial charge in [0.05, 0.1) is 32.9 Å². The third-order valence-electron chi connectivity index (χ3n) is 2.36. The van der Waals surface area contributed by atoms with Gasteiger partial charge < -0.3 is 14.8 Å². The van der Waals surface area contributed by atoms with Crippen LogP contribution in [0.4, 0.5) is 5.69 Å². The SMILES string of the molecule is O=C(O)c1coc(CNc2cc(Cl)c(Cl)cc2Cl)c1. The molecule has 2 rings (SSSR count). The number of rotatable bonds is 4. The molecule has 0 atom stereocenters. The van der Waals surface area contributed by atoms with Crippen molar-refractivity contribution in [2.24, 2.45) is 0 Å². The lowest BCUT2D eigenvalue weighted by Crippen LogP contribution is -1.99. The van der Waals surface area contributed by atoms with Crippen molar-refractivity contribution in [1.29, 1.82) is 0 Å². The first-order valence-electron chi connectivity index (χ1n) is 5.16. The van der Waals surface area contributed by atoms with Gasteiger partial charge in [-0.25, -0.2) is 4.79 Å². The molecule has 1 heterocycles. The van der Waals surface area contributed by atoms with Crippen LogP contribution in [0.2, 0.25) is 15.1 Å². The maximum absolute atomic E-state index is 10.7. The number of anilines is 1. The minimum atomic E-state index is -1.04. The second-order valence-electron chi connectivity index (χ2n) is 3.71. The summed E-state index contributed by atoms with van der Waals surface area (Å²) in [5, 5.41) is 12.9. The molecule has 0 amide bonds. The van der Waals surface area contributed by atoms with Crippen molar-refractivity contribution in [3.63, 3.8) is 0 Å². The summed E-state index contributed by atoms with van der Waals surface area (Å²) in [7, 11) is 0. The maximum atomic E-state index is 10.7. The van der Waals surface area contributed by atoms with Gasteiger partial charge in [-0.15, -0.1) is 0 Å². The summed E-state index contributed by atoms with van der Waals surface area (Å²) in [6.45, 7) is 0.283. The van der Waals surface area contributed by atoms with E-state index in [0.717, 1.165) is 0 Å². The molecule has 0 fully saturated rings. The van der Waals surface area contributed by atoms with Gasteiger partial charge in [0.15, 0.2) is 0 Å². The van der Waals surface area contributed by atoms with E-state index in [4.69, 9.17) is 44.3 Å². The van der Waals surface area contributed by atoms with Crippen molar-refractivity contribution in [2.45, 2.75) is 6.54 Å². The minimum Gasteiger partial charge on any atom is -0.478 e. The molecule has 2 N–H and O–H groups in total. The molecule has 0 bridgehead atoms. The molecule has 2 aromatic rings. The van der Waals surface area contributed by atoms with E-state index < -0.39 is 5.97 Å². The van der Waals surface area contributed by atoms with Crippen molar-refractivity contribution >= 4 is 46.5 Å². The van der Waals surface area contributed by atoms with Crippen LogP contribution in [0, 0.1) is 0 Å². The second-order valence-corrected chi connectivity index (χ2v) is 4.93. The predicted octanol–water partition coefficient (Wildman–Crippen LogP) is 4.55. The lowest BCUT2D eigenvalue weighted by atomic mass is 10.3. The highest BCUT2D eigenvalue weighted by Gasteiger charge is 2.10. The first-order chi connectivity index (χ1) is 8.97. The van der Waals surface area contributed by atoms with Gasteiger partial charge in [0, 0.05) is 0 Å². The Morgan fingerprint density at radius 2 is 1.84 bits per heavy atom. The van der Waals surface area contributed by atoms with Crippen LogP contribution < -0.4 is 5.32 Å². The van der Waals surface area contributed by atoms with Crippen LogP contribution in [-0.2, 0) is 6.54 Å². The monoisotopic (exact) mass is 319 g/mol. The largest absolute Gasteiger partial charge is 0.478 e. The quantitative estimate of drug-likeness (QED) is 0.811. The third kappa shape index (κ3) is 3.35. The molecule has 0 radical (unpaired) electrons. The highest BCUT2D eigenvalue weighted by Crippen LogP contribution is 2.32. The van der Waals surface area contributed by atoms with Gasteiger partial charge in [-0.1, -0.05) is 34.8 Å². The number of carboxylic acids is 1. The Morgan fingerprint density at radius 1 is 1.16 bits per heavy atom. The fourth-order valence-electron chi connectivity index (χ4n) is 1.43. The Morgan fingerprint density at radius 3 is 2.47 bits per heavy atom. The smallest absolute Gasteiger partial charge is 0.338 e. The fourth-order valence-corrected chi connectivity index (χ4v) is 2.04. The van der Waals surface area contributed by atoms with E-state index >= 15 is 0 Å². The number of hydrogen-bond donors (Lipinski definition) is 2. The van der Waals surface area contributed by atoms with Crippen LogP contribution in [0.3, 0.4) is 0 Å². The molecule has 0 unspecified atom stereocenters. The summed E-state index contributed by atoms with van der Waals surface area (Å²) in [5.41, 5.74) is 0.682. The van der Waals surface area contributed by atoms with E-state index in [-0.39, 0.29) is 12.1 Å². The van der Waals surface area contributed by atoms with Crippen LogP contribution in [0.15, 0.2) is 28.9 Å². The summed E-state index contributed by atoms with van der Waals surface area (Å²) < 4.78 is 5.10. The van der Waals surface area contributed by atoms with Crippen LogP contribution >= 0.6 is 34.8 Å². The number of aromatic carboxylic acids is 1. The second kappa shape index (κ2) is 5.74. The molecular formula is C12H8Cl3NO3. The zero-order valence-electron chi connectivity index (χ0n) is 9.41. The number of nitrogens with one attached hydrogen (secondary N) is 1. The summed E-state index contributed by atoms with van der Waals surface area (Å²) in [6.07, 6.45) is 1.18. The van der Waals surface area contributed by atoms with Crippen molar-refractivity contribution in [3.05, 3.63) is 50.9 Å². The zero-order valence-corrected chi connectivity index (χ0v) is 11.7. The molecular weight excluding hydrogens is 312 g/mol. The molecule has 0 aliphatic rings. The standard InChI is InChI=1S/C12H8Cl3NO3/c13-8-2-10(15)11(3-9(8)14)16-4-7-1-6(5-19-7)12(17)18/h1-3,5,16H,4H2,(H,17,18). The van der Waals surface area contributed by atoms with E-state index in [2.05, 4.69) is 5.32 Å². The van der Waals surface area contributed by atoms with Gasteiger partial charge in [-0.3, -0.25) is 0 Å². The number of carboxylic acid groups (broad SMARTS) is 1. The number of halogens is 3. The Balaban J connectivity index is 2.09. The van der Waals surface area contributed by atoms with Gasteiger partial charge in [0.1, 0.15) is 12.0 Å². The average Bonchev–Trinajstić information content (AvgIpc) is 2.81. The van der Waals surface area contributed by atoms with E-state index in [9.17, 15) is 4.79 Å². The predicted molar refractivity (Wildman–Crippen MR) is 74.5 cm³/mol. The van der Waals surface area contributed by atoms with E-state index in [1.54, 1.807) is 6.07 Å². The molecule has 100 valence electrons. The molecule has 0 aliphatic heterocycles. The first kappa shape index (κ1) is 14.1. The van der Waals surface area contributed by atoms with Crippen LogP contribution in [0.1, 0.15) is 16.1 Å². The molecule has 0 spiro atoms. The zero-order chi connectivity index (χ0) is 14.0. The summed E-state index contributed by atoms with van der Waals surface area (Å²) in [4.78, 5) is 10.7. The molecule has 19 heavy (non-hydrogen) atoms. The highest BCUT2D eigenvalue weighted by molar-refractivity contribution is 6.44. The molecule has 1 aromatic carbocycles. The van der Waals surface area contributed by atoms with E-state index in [1.165, 1.54) is 18.4 Å². The Bertz CT molecular complexity index is 625. The van der Waals surface area contributed by atoms with Gasteiger partial charge >= 0.3 is 5.97 Å². The topological polar surface area (TPSA) is 62.5 Å². The van der Waals surface area contributed by atoms with Crippen LogP contribution in [0.5, 0.6) is 0 Å². The van der Waals surface area contributed by atoms with E-state index in [0.29, 0.717) is 26.5 Å². The maximum Gasteiger partial charge on any atom is 0.338 e. The lowest BCUT2D eigenvalue weighted by Gasteiger charge is -2.08. The molecule has 0 saturated heterocycles. The summed E-state index contributed by atoms with van der Waals surface area (Å²) >= 11 is 17.7. The number of carbonyl (C=O) groups is 1. The third-order valence-corrected chi connectivity index (χ3v) is 3.40. The van der Waals surface area contributed by atoms with E-state index in [1.807, 2.05) is 0 Å². The van der Waals surface area contributed by atoms with Crippen molar-refractivity contribution in [3.8, 4) is 0 Å². The van der Waals surface area contributed by atoms with Crippen LogP contribution in [-0.4, -0.2) is 11.1 Å². The molecule has 0 saturated carbocycles. The average molecular weight is 321 g/mol. The van der Waals surface area contributed by atoms with Crippen molar-refractivity contribution in [2.75, 3.05) is 5.32 Å². The van der Waals surface area contributed by atoms with Gasteiger partial charge in [0.2, 0.25) is 0 Å². The first-order valence-corrected chi connectivity index (χ1v) is 6.30.